The number of carbonyl (C=O) groups excluding carboxylic acids is 2. The Morgan fingerprint density at radius 1 is 0.849 bits per heavy atom. The van der Waals surface area contributed by atoms with Crippen molar-refractivity contribution in [1.29, 1.82) is 0 Å². The van der Waals surface area contributed by atoms with Gasteiger partial charge in [-0.3, -0.25) is 14.3 Å². The van der Waals surface area contributed by atoms with Crippen LogP contribution in [0.5, 0.6) is 5.75 Å². The van der Waals surface area contributed by atoms with Crippen LogP contribution in [0.2, 0.25) is 0 Å². The third-order valence-corrected chi connectivity index (χ3v) is 10.2. The molecule has 12 nitrogen and oxygen atoms in total. The molecule has 0 saturated carbocycles. The van der Waals surface area contributed by atoms with Crippen LogP contribution in [-0.4, -0.2) is 66.3 Å². The van der Waals surface area contributed by atoms with Gasteiger partial charge < -0.3 is 20.5 Å². The van der Waals surface area contributed by atoms with Gasteiger partial charge in [0.15, 0.2) is 5.82 Å². The van der Waals surface area contributed by atoms with Crippen molar-refractivity contribution in [2.24, 2.45) is 0 Å². The van der Waals surface area contributed by atoms with E-state index in [0.717, 1.165) is 39.3 Å². The molecule has 0 spiro atoms. The number of rotatable bonds is 18. The zero-order valence-corrected chi connectivity index (χ0v) is 31.4. The Balaban J connectivity index is 1.25. The minimum atomic E-state index is -1.29. The summed E-state index contributed by atoms with van der Waals surface area (Å²) in [7, 11) is 0. The Bertz CT molecular complexity index is 1920. The number of thiophene rings is 1. The monoisotopic (exact) mass is 737 g/mol. The van der Waals surface area contributed by atoms with Gasteiger partial charge in [0.05, 0.1) is 18.0 Å². The number of unbranched alkanes of at least 4 members (excludes halogenated alkanes) is 4. The molecule has 13 heteroatoms. The summed E-state index contributed by atoms with van der Waals surface area (Å²) in [6.07, 6.45) is 12.3. The van der Waals surface area contributed by atoms with Crippen molar-refractivity contribution in [3.8, 4) is 28.3 Å². The van der Waals surface area contributed by atoms with Gasteiger partial charge in [-0.25, -0.2) is 19.7 Å². The molecule has 2 amide bonds. The number of amides is 2. The number of carbonyl (C=O) groups is 3. The lowest BCUT2D eigenvalue weighted by Gasteiger charge is -2.21. The van der Waals surface area contributed by atoms with Gasteiger partial charge in [-0.15, -0.1) is 11.3 Å². The molecule has 0 fully saturated rings. The van der Waals surface area contributed by atoms with Crippen LogP contribution in [-0.2, 0) is 28.0 Å². The average Bonchev–Trinajstić information content (AvgIpc) is 3.87. The molecule has 5 rings (SSSR count). The van der Waals surface area contributed by atoms with E-state index in [1.165, 1.54) is 54.4 Å². The Morgan fingerprint density at radius 2 is 1.55 bits per heavy atom. The van der Waals surface area contributed by atoms with Crippen LogP contribution in [0.25, 0.3) is 22.5 Å². The Kier molecular flexibility index (Phi) is 13.4. The van der Waals surface area contributed by atoms with E-state index in [2.05, 4.69) is 58.4 Å². The topological polar surface area (TPSA) is 161 Å². The molecule has 0 aliphatic carbocycles. The lowest BCUT2D eigenvalue weighted by molar-refractivity contribution is -0.142. The first-order valence-electron chi connectivity index (χ1n) is 17.9. The van der Waals surface area contributed by atoms with Crippen molar-refractivity contribution in [1.82, 2.24) is 35.4 Å². The molecule has 2 atom stereocenters. The molecular formula is C40H47N7O5S. The minimum Gasteiger partial charge on any atom is -0.494 e. The number of carboxylic acid groups (broad SMARTS) is 1. The fraction of sp³-hybridized carbons (Fsp3) is 0.375. The Labute approximate surface area is 314 Å². The average molecular weight is 738 g/mol. The third-order valence-electron chi connectivity index (χ3n) is 8.65. The summed E-state index contributed by atoms with van der Waals surface area (Å²) in [5, 5.41) is 19.2. The van der Waals surface area contributed by atoms with Gasteiger partial charge in [0.25, 0.3) is 5.91 Å². The molecule has 3 aromatic heterocycles. The second kappa shape index (κ2) is 18.4. The number of ether oxygens (including phenoxy) is 1. The van der Waals surface area contributed by atoms with Crippen molar-refractivity contribution in [2.45, 2.75) is 90.3 Å². The van der Waals surface area contributed by atoms with Gasteiger partial charge in [0.2, 0.25) is 5.91 Å². The quantitative estimate of drug-likeness (QED) is 0.0830. The molecule has 0 bridgehead atoms. The number of nitrogens with zero attached hydrogens (tertiary/aromatic N) is 5. The van der Waals surface area contributed by atoms with Crippen molar-refractivity contribution in [2.75, 3.05) is 6.61 Å². The maximum atomic E-state index is 13.6. The molecule has 0 saturated heterocycles. The molecule has 0 aliphatic rings. The van der Waals surface area contributed by atoms with Crippen LogP contribution in [0.15, 0.2) is 85.7 Å². The Morgan fingerprint density at radius 3 is 2.17 bits per heavy atom. The zero-order chi connectivity index (χ0) is 37.8. The lowest BCUT2D eigenvalue weighted by atomic mass is 9.95. The van der Waals surface area contributed by atoms with Crippen molar-refractivity contribution in [3.05, 3.63) is 101 Å². The maximum Gasteiger partial charge on any atom is 0.328 e. The van der Waals surface area contributed by atoms with Crippen LogP contribution >= 0.6 is 11.3 Å². The molecule has 0 aliphatic heterocycles. The van der Waals surface area contributed by atoms with E-state index in [1.807, 2.05) is 54.6 Å². The number of hydrogen-bond acceptors (Lipinski definition) is 9. The third kappa shape index (κ3) is 11.3. The molecule has 3 heterocycles. The molecular weight excluding hydrogens is 691 g/mol. The summed E-state index contributed by atoms with van der Waals surface area (Å²) in [6, 6.07) is 16.6. The number of carboxylic acids is 1. The number of benzene rings is 2. The van der Waals surface area contributed by atoms with Crippen molar-refractivity contribution in [3.63, 3.8) is 0 Å². The van der Waals surface area contributed by atoms with Crippen LogP contribution in [0, 0.1) is 0 Å². The zero-order valence-electron chi connectivity index (χ0n) is 30.6. The van der Waals surface area contributed by atoms with E-state index in [-0.39, 0.29) is 18.4 Å². The highest BCUT2D eigenvalue weighted by Gasteiger charge is 2.29. The standard InChI is InChI=1S/C40H47N7O5S/c1-5-6-7-8-9-20-52-31-16-14-28(15-17-31)30-22-42-36(43-23-30)29-12-10-27(11-13-29)21-32(45-38(49)34-18-19-35(53-34)40(2,3)4)37(48)46-33(39(50)51)24-47-26-41-25-44-47/h10-19,22-23,25-26,32-33H,5-9,20-21,24H2,1-4H3,(H,45,49)(H,46,48)(H,50,51). The predicted molar refractivity (Wildman–Crippen MR) is 205 cm³/mol. The summed E-state index contributed by atoms with van der Waals surface area (Å²) in [6.45, 7) is 8.98. The smallest absolute Gasteiger partial charge is 0.328 e. The highest BCUT2D eigenvalue weighted by Crippen LogP contribution is 2.29. The number of aliphatic carboxylic acids is 1. The van der Waals surface area contributed by atoms with Crippen LogP contribution in [0.1, 0.15) is 79.9 Å². The van der Waals surface area contributed by atoms with E-state index >= 15 is 0 Å². The normalized spacial score (nSPS) is 12.5. The molecule has 5 aromatic rings. The highest BCUT2D eigenvalue weighted by molar-refractivity contribution is 7.14. The van der Waals surface area contributed by atoms with E-state index in [4.69, 9.17) is 4.74 Å². The molecule has 3 N–H and O–H groups in total. The van der Waals surface area contributed by atoms with Crippen molar-refractivity contribution < 1.29 is 24.2 Å². The maximum absolute atomic E-state index is 13.6. The van der Waals surface area contributed by atoms with Gasteiger partial charge in [0.1, 0.15) is 30.5 Å². The van der Waals surface area contributed by atoms with Crippen LogP contribution in [0.3, 0.4) is 0 Å². The number of aromatic nitrogens is 5. The van der Waals surface area contributed by atoms with Gasteiger partial charge in [-0.2, -0.15) is 5.10 Å². The first-order chi connectivity index (χ1) is 25.5. The second-order valence-corrected chi connectivity index (χ2v) is 15.0. The van der Waals surface area contributed by atoms with Gasteiger partial charge in [-0.1, -0.05) is 89.8 Å². The largest absolute Gasteiger partial charge is 0.494 e. The fourth-order valence-corrected chi connectivity index (χ4v) is 6.53. The second-order valence-electron chi connectivity index (χ2n) is 13.9. The highest BCUT2D eigenvalue weighted by atomic mass is 32.1. The van der Waals surface area contributed by atoms with E-state index in [0.29, 0.717) is 17.3 Å². The number of hydrogen-bond donors (Lipinski definition) is 3. The van der Waals surface area contributed by atoms with Gasteiger partial charge >= 0.3 is 5.97 Å². The van der Waals surface area contributed by atoms with E-state index in [1.54, 1.807) is 18.5 Å². The minimum absolute atomic E-state index is 0.114. The van der Waals surface area contributed by atoms with Crippen LogP contribution in [0.4, 0.5) is 0 Å². The predicted octanol–water partition coefficient (Wildman–Crippen LogP) is 6.72. The molecule has 0 radical (unpaired) electrons. The van der Waals surface area contributed by atoms with Gasteiger partial charge in [0, 0.05) is 34.8 Å². The SMILES string of the molecule is CCCCCCCOc1ccc(-c2cnc(-c3ccc(CC(NC(=O)c4ccc(C(C)(C)C)s4)C(=O)NC(Cn4cncn4)C(=O)O)cc3)nc2)cc1. The fourth-order valence-electron chi connectivity index (χ4n) is 5.56. The lowest BCUT2D eigenvalue weighted by Crippen LogP contribution is -2.53. The molecule has 278 valence electrons. The Hall–Kier alpha value is -5.43. The van der Waals surface area contributed by atoms with E-state index < -0.39 is 29.9 Å². The molecule has 2 aromatic carbocycles. The van der Waals surface area contributed by atoms with Crippen molar-refractivity contribution >= 4 is 29.1 Å². The van der Waals surface area contributed by atoms with Gasteiger partial charge in [-0.05, 0) is 47.2 Å². The first kappa shape index (κ1) is 38.8. The summed E-state index contributed by atoms with van der Waals surface area (Å²) in [5.41, 5.74) is 3.25. The molecule has 2 unspecified atom stereocenters. The summed E-state index contributed by atoms with van der Waals surface area (Å²) in [4.78, 5) is 53.6. The summed E-state index contributed by atoms with van der Waals surface area (Å²) >= 11 is 1.36. The molecule has 53 heavy (non-hydrogen) atoms. The summed E-state index contributed by atoms with van der Waals surface area (Å²) < 4.78 is 7.22. The van der Waals surface area contributed by atoms with E-state index in [9.17, 15) is 19.5 Å². The number of nitrogens with one attached hydrogen (secondary N) is 2. The summed E-state index contributed by atoms with van der Waals surface area (Å²) in [5.74, 6) is -0.911. The van der Waals surface area contributed by atoms with Crippen LogP contribution < -0.4 is 15.4 Å². The first-order valence-corrected chi connectivity index (χ1v) is 18.7.